The van der Waals surface area contributed by atoms with Gasteiger partial charge in [0.25, 0.3) is 5.91 Å². The molecule has 1 aromatic carbocycles. The van der Waals surface area contributed by atoms with E-state index >= 15 is 0 Å². The number of carboxylic acid groups (broad SMARTS) is 1. The highest BCUT2D eigenvalue weighted by Gasteiger charge is 2.54. The van der Waals surface area contributed by atoms with Crippen LogP contribution in [-0.4, -0.2) is 60.9 Å². The zero-order valence-corrected chi connectivity index (χ0v) is 18.4. The van der Waals surface area contributed by atoms with E-state index in [2.05, 4.69) is 15.5 Å². The topological polar surface area (TPSA) is 112 Å². The number of hydrogen-bond acceptors (Lipinski definition) is 8. The summed E-state index contributed by atoms with van der Waals surface area (Å²) in [5, 5.41) is 20.9. The van der Waals surface area contributed by atoms with Gasteiger partial charge in [0.15, 0.2) is 4.34 Å². The predicted octanol–water partition coefficient (Wildman–Crippen LogP) is 1.92. The molecule has 0 radical (unpaired) electrons. The maximum Gasteiger partial charge on any atom is 0.352 e. The van der Waals surface area contributed by atoms with E-state index in [1.807, 2.05) is 37.3 Å². The number of aromatic nitrogens is 2. The number of thioether (sulfide) groups is 2. The number of carbonyl (C=O) groups excluding carboxylic acids is 2. The minimum Gasteiger partial charge on any atom is -0.477 e. The molecule has 0 aliphatic carbocycles. The third-order valence-electron chi connectivity index (χ3n) is 4.65. The van der Waals surface area contributed by atoms with Gasteiger partial charge >= 0.3 is 5.97 Å². The molecule has 11 heteroatoms. The molecule has 156 valence electrons. The first-order chi connectivity index (χ1) is 14.4. The van der Waals surface area contributed by atoms with Crippen molar-refractivity contribution in [2.45, 2.75) is 29.1 Å². The fraction of sp³-hybridized carbons (Fsp3) is 0.316. The number of β-lactam (4-membered cyclic amide) rings is 1. The minimum atomic E-state index is -1.13. The van der Waals surface area contributed by atoms with Crippen molar-refractivity contribution in [1.29, 1.82) is 0 Å². The van der Waals surface area contributed by atoms with E-state index < -0.39 is 17.4 Å². The zero-order chi connectivity index (χ0) is 21.3. The number of carbonyl (C=O) groups is 3. The van der Waals surface area contributed by atoms with Crippen LogP contribution in [0.3, 0.4) is 0 Å². The smallest absolute Gasteiger partial charge is 0.352 e. The molecule has 2 aliphatic heterocycles. The van der Waals surface area contributed by atoms with E-state index in [0.29, 0.717) is 17.1 Å². The highest BCUT2D eigenvalue weighted by Crippen LogP contribution is 2.41. The Morgan fingerprint density at radius 1 is 1.30 bits per heavy atom. The van der Waals surface area contributed by atoms with Crippen LogP contribution in [0.4, 0.5) is 0 Å². The summed E-state index contributed by atoms with van der Waals surface area (Å²) in [5.74, 6) is -0.878. The molecule has 0 saturated carbocycles. The van der Waals surface area contributed by atoms with Gasteiger partial charge in [-0.3, -0.25) is 14.5 Å². The number of benzene rings is 1. The third-order valence-corrected chi connectivity index (χ3v) is 8.05. The van der Waals surface area contributed by atoms with Gasteiger partial charge in [0.1, 0.15) is 22.1 Å². The second kappa shape index (κ2) is 8.78. The first-order valence-corrected chi connectivity index (χ1v) is 12.0. The lowest BCUT2D eigenvalue weighted by molar-refractivity contribution is -0.150. The lowest BCUT2D eigenvalue weighted by Gasteiger charge is -2.49. The average molecular weight is 463 g/mol. The summed E-state index contributed by atoms with van der Waals surface area (Å²) in [6.45, 7) is 1.86. The SMILES string of the molecule is Cc1nnc(SCC2=C(C(=O)O)N3C(=O)C(NC(=O)Cc4ccccc4)[C@@H]3SC2)s1. The highest BCUT2D eigenvalue weighted by molar-refractivity contribution is 8.01. The molecule has 1 saturated heterocycles. The predicted molar refractivity (Wildman–Crippen MR) is 115 cm³/mol. The fourth-order valence-electron chi connectivity index (χ4n) is 3.29. The summed E-state index contributed by atoms with van der Waals surface area (Å²) < 4.78 is 0.762. The quantitative estimate of drug-likeness (QED) is 0.474. The molecule has 2 amide bonds. The number of nitrogens with one attached hydrogen (secondary N) is 1. The lowest BCUT2D eigenvalue weighted by atomic mass is 10.0. The summed E-state index contributed by atoms with van der Waals surface area (Å²) in [5.41, 5.74) is 1.54. The molecule has 2 aliphatic rings. The fourth-order valence-corrected chi connectivity index (χ4v) is 6.59. The Morgan fingerprint density at radius 2 is 2.07 bits per heavy atom. The first kappa shape index (κ1) is 20.9. The maximum absolute atomic E-state index is 12.7. The molecule has 2 atom stereocenters. The van der Waals surface area contributed by atoms with Crippen molar-refractivity contribution in [1.82, 2.24) is 20.4 Å². The zero-order valence-electron chi connectivity index (χ0n) is 15.9. The Balaban J connectivity index is 1.43. The first-order valence-electron chi connectivity index (χ1n) is 9.10. The van der Waals surface area contributed by atoms with Gasteiger partial charge in [0, 0.05) is 11.5 Å². The van der Waals surface area contributed by atoms with Crippen LogP contribution in [0.25, 0.3) is 0 Å². The largest absolute Gasteiger partial charge is 0.477 e. The van der Waals surface area contributed by atoms with E-state index in [-0.39, 0.29) is 23.9 Å². The Morgan fingerprint density at radius 3 is 2.73 bits per heavy atom. The minimum absolute atomic E-state index is 0.0195. The second-order valence-corrected chi connectivity index (χ2v) is 10.3. The van der Waals surface area contributed by atoms with Gasteiger partial charge in [0.2, 0.25) is 5.91 Å². The number of fused-ring (bicyclic) bond motifs is 1. The van der Waals surface area contributed by atoms with Crippen LogP contribution in [0, 0.1) is 6.92 Å². The van der Waals surface area contributed by atoms with Crippen LogP contribution in [0.2, 0.25) is 0 Å². The summed E-state index contributed by atoms with van der Waals surface area (Å²) in [6.07, 6.45) is 0.173. The number of carboxylic acids is 1. The Bertz CT molecular complexity index is 1020. The monoisotopic (exact) mass is 462 g/mol. The van der Waals surface area contributed by atoms with Crippen LogP contribution < -0.4 is 5.32 Å². The van der Waals surface area contributed by atoms with E-state index in [4.69, 9.17) is 0 Å². The Hall–Kier alpha value is -2.37. The molecular weight excluding hydrogens is 444 g/mol. The Labute approximate surface area is 185 Å². The van der Waals surface area contributed by atoms with Crippen molar-refractivity contribution in [3.8, 4) is 0 Å². The standard InChI is InChI=1S/C19H18N4O4S3/c1-10-21-22-19(30-10)29-9-12-8-28-17-14(16(25)23(17)15(12)18(26)27)20-13(24)7-11-5-3-2-4-6-11/h2-6,14,17H,7-9H2,1H3,(H,20,24)(H,26,27)/t14?,17-/m0/s1. The molecule has 2 N–H and O–H groups in total. The number of hydrogen-bond donors (Lipinski definition) is 2. The number of rotatable bonds is 7. The van der Waals surface area contributed by atoms with Gasteiger partial charge < -0.3 is 10.4 Å². The van der Waals surface area contributed by atoms with Crippen molar-refractivity contribution in [2.24, 2.45) is 0 Å². The van der Waals surface area contributed by atoms with Crippen LogP contribution in [-0.2, 0) is 20.8 Å². The summed E-state index contributed by atoms with van der Waals surface area (Å²) in [7, 11) is 0. The highest BCUT2D eigenvalue weighted by atomic mass is 32.2. The lowest BCUT2D eigenvalue weighted by Crippen LogP contribution is -2.70. The molecule has 3 heterocycles. The number of amides is 2. The maximum atomic E-state index is 12.7. The van der Waals surface area contributed by atoms with Gasteiger partial charge in [-0.2, -0.15) is 0 Å². The third kappa shape index (κ3) is 4.23. The second-order valence-electron chi connectivity index (χ2n) is 6.75. The van der Waals surface area contributed by atoms with Crippen LogP contribution in [0.5, 0.6) is 0 Å². The van der Waals surface area contributed by atoms with Crippen molar-refractivity contribution in [3.05, 3.63) is 52.2 Å². The number of aryl methyl sites for hydroxylation is 1. The summed E-state index contributed by atoms with van der Waals surface area (Å²) >= 11 is 4.32. The van der Waals surface area contributed by atoms with E-state index in [1.165, 1.54) is 39.8 Å². The van der Waals surface area contributed by atoms with Crippen LogP contribution in [0.1, 0.15) is 10.6 Å². The van der Waals surface area contributed by atoms with Crippen molar-refractivity contribution in [3.63, 3.8) is 0 Å². The molecule has 2 aromatic rings. The number of nitrogens with zero attached hydrogens (tertiary/aromatic N) is 3. The van der Waals surface area contributed by atoms with Gasteiger partial charge in [0.05, 0.1) is 6.42 Å². The molecule has 1 fully saturated rings. The van der Waals surface area contributed by atoms with E-state index in [9.17, 15) is 19.5 Å². The summed E-state index contributed by atoms with van der Waals surface area (Å²) in [4.78, 5) is 38.2. The normalized spacial score (nSPS) is 20.6. The van der Waals surface area contributed by atoms with Crippen LogP contribution >= 0.6 is 34.9 Å². The van der Waals surface area contributed by atoms with E-state index in [1.54, 1.807) is 0 Å². The van der Waals surface area contributed by atoms with Gasteiger partial charge in [-0.15, -0.1) is 22.0 Å². The molecular formula is C19H18N4O4S3. The average Bonchev–Trinajstić information content (AvgIpc) is 3.15. The molecule has 1 aromatic heterocycles. The van der Waals surface area contributed by atoms with E-state index in [0.717, 1.165) is 14.9 Å². The van der Waals surface area contributed by atoms with Crippen molar-refractivity contribution >= 4 is 52.6 Å². The molecule has 0 spiro atoms. The molecule has 0 bridgehead atoms. The van der Waals surface area contributed by atoms with Gasteiger partial charge in [-0.1, -0.05) is 53.4 Å². The summed E-state index contributed by atoms with van der Waals surface area (Å²) in [6, 6.07) is 8.55. The molecule has 4 rings (SSSR count). The molecule has 1 unspecified atom stereocenters. The van der Waals surface area contributed by atoms with Gasteiger partial charge in [-0.25, -0.2) is 4.79 Å². The molecule has 30 heavy (non-hydrogen) atoms. The van der Waals surface area contributed by atoms with Crippen molar-refractivity contribution in [2.75, 3.05) is 11.5 Å². The molecule has 8 nitrogen and oxygen atoms in total. The van der Waals surface area contributed by atoms with Crippen molar-refractivity contribution < 1.29 is 19.5 Å². The number of aliphatic carboxylic acids is 1. The Kier molecular flexibility index (Phi) is 6.11. The van der Waals surface area contributed by atoms with Gasteiger partial charge in [-0.05, 0) is 18.1 Å². The van der Waals surface area contributed by atoms with Crippen LogP contribution in [0.15, 0.2) is 45.9 Å².